The first-order chi connectivity index (χ1) is 9.13. The molecule has 0 aliphatic carbocycles. The van der Waals surface area contributed by atoms with Crippen molar-refractivity contribution in [1.82, 2.24) is 5.32 Å². The third-order valence-electron chi connectivity index (χ3n) is 3.12. The maximum Gasteiger partial charge on any atom is 0.343 e. The highest BCUT2D eigenvalue weighted by Crippen LogP contribution is 2.34. The number of nitrogens with one attached hydrogen (secondary N) is 1. The van der Waals surface area contributed by atoms with E-state index in [4.69, 9.17) is 15.2 Å². The van der Waals surface area contributed by atoms with Gasteiger partial charge >= 0.3 is 5.97 Å². The average molecular weight is 329 g/mol. The van der Waals surface area contributed by atoms with Crippen molar-refractivity contribution >= 4 is 27.6 Å². The van der Waals surface area contributed by atoms with Gasteiger partial charge in [-0.3, -0.25) is 0 Å². The Morgan fingerprint density at radius 2 is 2.37 bits per heavy atom. The van der Waals surface area contributed by atoms with Crippen molar-refractivity contribution in [2.75, 3.05) is 26.0 Å². The van der Waals surface area contributed by atoms with Gasteiger partial charge in [0.15, 0.2) is 0 Å². The normalized spacial score (nSPS) is 18.3. The number of rotatable bonds is 4. The van der Waals surface area contributed by atoms with Crippen LogP contribution >= 0.6 is 15.9 Å². The zero-order valence-corrected chi connectivity index (χ0v) is 12.3. The fourth-order valence-electron chi connectivity index (χ4n) is 2.11. The SMILES string of the molecule is COC(=O)c1c(N)ccc(Br)c1OC[C@@H]1CCCN1. The number of nitrogens with two attached hydrogens (primary N) is 1. The molecule has 0 amide bonds. The van der Waals surface area contributed by atoms with E-state index < -0.39 is 5.97 Å². The van der Waals surface area contributed by atoms with Gasteiger partial charge in [0.2, 0.25) is 0 Å². The topological polar surface area (TPSA) is 73.6 Å². The molecule has 0 unspecified atom stereocenters. The van der Waals surface area contributed by atoms with E-state index in [1.807, 2.05) is 0 Å². The third kappa shape index (κ3) is 3.19. The van der Waals surface area contributed by atoms with E-state index in [0.29, 0.717) is 28.6 Å². The van der Waals surface area contributed by atoms with E-state index in [-0.39, 0.29) is 5.56 Å². The summed E-state index contributed by atoms with van der Waals surface area (Å²) in [5, 5.41) is 3.34. The van der Waals surface area contributed by atoms with Gasteiger partial charge < -0.3 is 20.5 Å². The monoisotopic (exact) mass is 328 g/mol. The highest BCUT2D eigenvalue weighted by Gasteiger charge is 2.22. The number of benzene rings is 1. The lowest BCUT2D eigenvalue weighted by molar-refractivity contribution is 0.0596. The number of carbonyl (C=O) groups excluding carboxylic acids is 1. The minimum Gasteiger partial charge on any atom is -0.490 e. The lowest BCUT2D eigenvalue weighted by Gasteiger charge is -2.16. The molecule has 0 bridgehead atoms. The van der Waals surface area contributed by atoms with Crippen molar-refractivity contribution in [3.8, 4) is 5.75 Å². The predicted octanol–water partition coefficient (Wildman–Crippen LogP) is 1.95. The highest BCUT2D eigenvalue weighted by molar-refractivity contribution is 9.10. The standard InChI is InChI=1S/C13H17BrN2O3/c1-18-13(17)11-10(15)5-4-9(14)12(11)19-7-8-3-2-6-16-8/h4-5,8,16H,2-3,6-7,15H2,1H3/t8-/m0/s1. The van der Waals surface area contributed by atoms with Gasteiger partial charge in [0.25, 0.3) is 0 Å². The summed E-state index contributed by atoms with van der Waals surface area (Å²) in [6.07, 6.45) is 2.23. The molecule has 1 heterocycles. The molecule has 6 heteroatoms. The van der Waals surface area contributed by atoms with Gasteiger partial charge in [-0.15, -0.1) is 0 Å². The Kier molecular flexibility index (Phi) is 4.66. The molecule has 0 radical (unpaired) electrons. The molecule has 0 aromatic heterocycles. The van der Waals surface area contributed by atoms with Gasteiger partial charge in [-0.05, 0) is 47.4 Å². The van der Waals surface area contributed by atoms with Crippen LogP contribution in [-0.2, 0) is 4.74 Å². The maximum absolute atomic E-state index is 11.8. The number of halogens is 1. The summed E-state index contributed by atoms with van der Waals surface area (Å²) in [5.74, 6) is -0.0475. The summed E-state index contributed by atoms with van der Waals surface area (Å²) in [6.45, 7) is 1.52. The second-order valence-corrected chi connectivity index (χ2v) is 5.29. The molecule has 1 aliphatic rings. The number of hydrogen-bond donors (Lipinski definition) is 2. The van der Waals surface area contributed by atoms with Crippen LogP contribution in [0.15, 0.2) is 16.6 Å². The first-order valence-corrected chi connectivity index (χ1v) is 6.95. The summed E-state index contributed by atoms with van der Waals surface area (Å²) in [6, 6.07) is 3.73. The second-order valence-electron chi connectivity index (χ2n) is 4.44. The van der Waals surface area contributed by atoms with Gasteiger partial charge in [-0.2, -0.15) is 0 Å². The molecule has 3 N–H and O–H groups in total. The number of nitrogen functional groups attached to an aromatic ring is 1. The van der Waals surface area contributed by atoms with E-state index in [1.165, 1.54) is 7.11 Å². The van der Waals surface area contributed by atoms with Crippen LogP contribution in [0.1, 0.15) is 23.2 Å². The van der Waals surface area contributed by atoms with Gasteiger partial charge in [-0.25, -0.2) is 4.79 Å². The Labute approximate surface area is 120 Å². The van der Waals surface area contributed by atoms with Crippen LogP contribution in [0.4, 0.5) is 5.69 Å². The first kappa shape index (κ1) is 14.1. The van der Waals surface area contributed by atoms with Gasteiger partial charge in [-0.1, -0.05) is 0 Å². The van der Waals surface area contributed by atoms with E-state index in [1.54, 1.807) is 12.1 Å². The molecule has 1 fully saturated rings. The van der Waals surface area contributed by atoms with Crippen LogP contribution in [0.2, 0.25) is 0 Å². The van der Waals surface area contributed by atoms with Gasteiger partial charge in [0, 0.05) is 11.7 Å². The van der Waals surface area contributed by atoms with Crippen molar-refractivity contribution < 1.29 is 14.3 Å². The number of anilines is 1. The Balaban J connectivity index is 2.21. The minimum absolute atomic E-state index is 0.273. The van der Waals surface area contributed by atoms with Crippen LogP contribution in [-0.4, -0.2) is 32.3 Å². The van der Waals surface area contributed by atoms with Crippen molar-refractivity contribution in [2.24, 2.45) is 0 Å². The van der Waals surface area contributed by atoms with Crippen LogP contribution < -0.4 is 15.8 Å². The first-order valence-electron chi connectivity index (χ1n) is 6.16. The number of ether oxygens (including phenoxy) is 2. The van der Waals surface area contributed by atoms with Crippen LogP contribution in [0.5, 0.6) is 5.75 Å². The molecule has 1 aromatic rings. The Morgan fingerprint density at radius 3 is 3.00 bits per heavy atom. The largest absolute Gasteiger partial charge is 0.490 e. The number of hydrogen-bond acceptors (Lipinski definition) is 5. The smallest absolute Gasteiger partial charge is 0.343 e. The molecule has 104 valence electrons. The molecule has 1 aliphatic heterocycles. The summed E-state index contributed by atoms with van der Waals surface area (Å²) in [7, 11) is 1.32. The zero-order valence-electron chi connectivity index (χ0n) is 10.7. The van der Waals surface area contributed by atoms with Crippen LogP contribution in [0.25, 0.3) is 0 Å². The Morgan fingerprint density at radius 1 is 1.58 bits per heavy atom. The van der Waals surface area contributed by atoms with Crippen LogP contribution in [0, 0.1) is 0 Å². The molecule has 0 spiro atoms. The van der Waals surface area contributed by atoms with Gasteiger partial charge in [0.1, 0.15) is 17.9 Å². The maximum atomic E-state index is 11.8. The summed E-state index contributed by atoms with van der Waals surface area (Å²) >= 11 is 3.38. The molecule has 19 heavy (non-hydrogen) atoms. The second kappa shape index (κ2) is 6.25. The lowest BCUT2D eigenvalue weighted by Crippen LogP contribution is -2.28. The molecular formula is C13H17BrN2O3. The number of esters is 1. The highest BCUT2D eigenvalue weighted by atomic mass is 79.9. The molecule has 1 saturated heterocycles. The minimum atomic E-state index is -0.492. The van der Waals surface area contributed by atoms with Crippen molar-refractivity contribution in [3.63, 3.8) is 0 Å². The Hall–Kier alpha value is -1.27. The molecule has 1 atom stereocenters. The molecule has 5 nitrogen and oxygen atoms in total. The quantitative estimate of drug-likeness (QED) is 0.652. The fraction of sp³-hybridized carbons (Fsp3) is 0.462. The summed E-state index contributed by atoms with van der Waals surface area (Å²) < 4.78 is 11.2. The average Bonchev–Trinajstić information content (AvgIpc) is 2.92. The van der Waals surface area contributed by atoms with Gasteiger partial charge in [0.05, 0.1) is 11.6 Å². The summed E-state index contributed by atoms with van der Waals surface area (Å²) in [5.41, 5.74) is 6.46. The molecule has 2 rings (SSSR count). The lowest BCUT2D eigenvalue weighted by atomic mass is 10.1. The molecule has 1 aromatic carbocycles. The third-order valence-corrected chi connectivity index (χ3v) is 3.75. The zero-order chi connectivity index (χ0) is 13.8. The fourth-order valence-corrected chi connectivity index (χ4v) is 2.55. The summed E-state index contributed by atoms with van der Waals surface area (Å²) in [4.78, 5) is 11.8. The molecule has 0 saturated carbocycles. The van der Waals surface area contributed by atoms with E-state index in [2.05, 4.69) is 21.2 Å². The van der Waals surface area contributed by atoms with E-state index >= 15 is 0 Å². The number of methoxy groups -OCH3 is 1. The predicted molar refractivity (Wildman–Crippen MR) is 76.4 cm³/mol. The van der Waals surface area contributed by atoms with Crippen molar-refractivity contribution in [2.45, 2.75) is 18.9 Å². The molecular weight excluding hydrogens is 312 g/mol. The van der Waals surface area contributed by atoms with Crippen LogP contribution in [0.3, 0.4) is 0 Å². The van der Waals surface area contributed by atoms with Crippen molar-refractivity contribution in [1.29, 1.82) is 0 Å². The number of carbonyl (C=O) groups is 1. The Bertz CT molecular complexity index is 473. The van der Waals surface area contributed by atoms with E-state index in [0.717, 1.165) is 19.4 Å². The van der Waals surface area contributed by atoms with Crippen molar-refractivity contribution in [3.05, 3.63) is 22.2 Å². The van der Waals surface area contributed by atoms with E-state index in [9.17, 15) is 4.79 Å².